The third kappa shape index (κ3) is 2.18. The number of hydrogen-bond donors (Lipinski definition) is 5. The lowest BCUT2D eigenvalue weighted by Gasteiger charge is -2.47. The highest BCUT2D eigenvalue weighted by molar-refractivity contribution is 6.21. The van der Waals surface area contributed by atoms with Gasteiger partial charge in [-0.05, 0) is 30.9 Å². The molecule has 0 aliphatic heterocycles. The topological polar surface area (TPSA) is 158 Å². The monoisotopic (exact) mass is 385 g/mol. The highest BCUT2D eigenvalue weighted by atomic mass is 16.3. The van der Waals surface area contributed by atoms with Crippen molar-refractivity contribution in [1.82, 2.24) is 0 Å². The molecule has 4 rings (SSSR count). The maximum absolute atomic E-state index is 13.2. The van der Waals surface area contributed by atoms with Gasteiger partial charge in [-0.15, -0.1) is 0 Å². The van der Waals surface area contributed by atoms with Crippen LogP contribution in [0.15, 0.2) is 35.1 Å². The summed E-state index contributed by atoms with van der Waals surface area (Å²) in [5, 5.41) is 42.6. The molecule has 0 radical (unpaired) electrons. The Balaban J connectivity index is 1.95. The number of amides is 1. The summed E-state index contributed by atoms with van der Waals surface area (Å²) in [5.41, 5.74) is 3.07. The normalized spacial score (nSPS) is 32.0. The summed E-state index contributed by atoms with van der Waals surface area (Å²) < 4.78 is 0. The number of primary amides is 1. The standard InChI is InChI=1S/C20H19NO7/c1-20(28)8-3-2-4-10(22)13(8)18(26)14-9(20)5-7-6-11(23)15(19(21)27)17(25)12(7)16(14)24/h2-4,7,9,12,22,25-26,28H,5-6H2,1H3,(H2,21,27)/t7?,9?,12?,20-/m1/s1. The molecule has 0 heterocycles. The minimum Gasteiger partial charge on any atom is -0.511 e. The van der Waals surface area contributed by atoms with Gasteiger partial charge in [0.1, 0.15) is 22.8 Å². The highest BCUT2D eigenvalue weighted by Gasteiger charge is 2.56. The smallest absolute Gasteiger partial charge is 0.255 e. The summed E-state index contributed by atoms with van der Waals surface area (Å²) in [4.78, 5) is 37.0. The van der Waals surface area contributed by atoms with Crippen molar-refractivity contribution in [2.45, 2.75) is 25.4 Å². The van der Waals surface area contributed by atoms with Gasteiger partial charge in [0, 0.05) is 17.9 Å². The van der Waals surface area contributed by atoms with E-state index in [2.05, 4.69) is 0 Å². The maximum Gasteiger partial charge on any atom is 0.255 e. The fourth-order valence-corrected chi connectivity index (χ4v) is 4.89. The van der Waals surface area contributed by atoms with E-state index in [1.165, 1.54) is 19.1 Å². The van der Waals surface area contributed by atoms with Crippen LogP contribution in [0.2, 0.25) is 0 Å². The van der Waals surface area contributed by atoms with Gasteiger partial charge < -0.3 is 26.2 Å². The lowest BCUT2D eigenvalue weighted by atomic mass is 9.57. The number of benzene rings is 1. The number of hydrogen-bond acceptors (Lipinski definition) is 7. The summed E-state index contributed by atoms with van der Waals surface area (Å²) in [7, 11) is 0. The number of phenolic OH excluding ortho intramolecular Hbond substituents is 1. The molecule has 0 aromatic heterocycles. The van der Waals surface area contributed by atoms with Crippen LogP contribution in [-0.4, -0.2) is 37.9 Å². The second-order valence-corrected chi connectivity index (χ2v) is 7.75. The molecule has 8 nitrogen and oxygen atoms in total. The van der Waals surface area contributed by atoms with E-state index in [-0.39, 0.29) is 35.3 Å². The van der Waals surface area contributed by atoms with Crippen molar-refractivity contribution in [2.75, 3.05) is 0 Å². The van der Waals surface area contributed by atoms with Gasteiger partial charge in [0.2, 0.25) is 0 Å². The van der Waals surface area contributed by atoms with Crippen molar-refractivity contribution in [3.05, 3.63) is 46.2 Å². The van der Waals surface area contributed by atoms with Gasteiger partial charge in [-0.1, -0.05) is 12.1 Å². The van der Waals surface area contributed by atoms with Crippen LogP contribution >= 0.6 is 0 Å². The van der Waals surface area contributed by atoms with E-state index >= 15 is 0 Å². The molecule has 4 atom stereocenters. The molecule has 1 aromatic rings. The average molecular weight is 385 g/mol. The number of phenols is 1. The van der Waals surface area contributed by atoms with Gasteiger partial charge in [-0.25, -0.2) is 0 Å². The first-order valence-electron chi connectivity index (χ1n) is 8.86. The number of aliphatic hydroxyl groups excluding tert-OH is 2. The van der Waals surface area contributed by atoms with Crippen molar-refractivity contribution in [2.24, 2.45) is 23.5 Å². The summed E-state index contributed by atoms with van der Waals surface area (Å²) in [6.45, 7) is 1.48. The molecule has 6 N–H and O–H groups in total. The Bertz CT molecular complexity index is 1020. The van der Waals surface area contributed by atoms with Crippen molar-refractivity contribution in [3.63, 3.8) is 0 Å². The molecule has 1 fully saturated rings. The lowest BCUT2D eigenvalue weighted by molar-refractivity contribution is -0.130. The molecule has 0 saturated heterocycles. The second-order valence-electron chi connectivity index (χ2n) is 7.75. The zero-order chi connectivity index (χ0) is 20.5. The fourth-order valence-electron chi connectivity index (χ4n) is 4.89. The molecule has 0 spiro atoms. The Morgan fingerprint density at radius 2 is 1.89 bits per heavy atom. The third-order valence-electron chi connectivity index (χ3n) is 6.19. The molecule has 0 bridgehead atoms. The third-order valence-corrected chi connectivity index (χ3v) is 6.19. The Kier molecular flexibility index (Phi) is 3.70. The van der Waals surface area contributed by atoms with Gasteiger partial charge in [0.25, 0.3) is 5.91 Å². The Morgan fingerprint density at radius 3 is 2.54 bits per heavy atom. The molecule has 1 aromatic carbocycles. The molecule has 1 amide bonds. The number of nitrogens with two attached hydrogens (primary N) is 1. The first kappa shape index (κ1) is 18.2. The quantitative estimate of drug-likeness (QED) is 0.451. The van der Waals surface area contributed by atoms with Gasteiger partial charge >= 0.3 is 0 Å². The first-order valence-corrected chi connectivity index (χ1v) is 8.86. The zero-order valence-corrected chi connectivity index (χ0v) is 15.0. The molecule has 1 saturated carbocycles. The predicted octanol–water partition coefficient (Wildman–Crippen LogP) is 0.974. The summed E-state index contributed by atoms with van der Waals surface area (Å²) >= 11 is 0. The number of allylic oxidation sites excluding steroid dienone is 1. The van der Waals surface area contributed by atoms with Crippen LogP contribution in [0, 0.1) is 17.8 Å². The van der Waals surface area contributed by atoms with Crippen LogP contribution < -0.4 is 5.73 Å². The first-order chi connectivity index (χ1) is 13.1. The van der Waals surface area contributed by atoms with Crippen LogP contribution in [0.25, 0.3) is 5.76 Å². The Labute approximate surface area is 159 Å². The molecule has 3 aliphatic carbocycles. The molecule has 3 aliphatic rings. The lowest BCUT2D eigenvalue weighted by Crippen LogP contribution is -2.49. The number of rotatable bonds is 1. The van der Waals surface area contributed by atoms with Crippen molar-refractivity contribution in [3.8, 4) is 5.75 Å². The predicted molar refractivity (Wildman–Crippen MR) is 95.8 cm³/mol. The molecule has 8 heteroatoms. The number of aromatic hydroxyl groups is 1. The van der Waals surface area contributed by atoms with Crippen LogP contribution in [0.4, 0.5) is 0 Å². The zero-order valence-electron chi connectivity index (χ0n) is 15.0. The van der Waals surface area contributed by atoms with Crippen molar-refractivity contribution < 1.29 is 34.8 Å². The number of carbonyl (C=O) groups excluding carboxylic acids is 3. The minimum atomic E-state index is -1.59. The van der Waals surface area contributed by atoms with E-state index in [9.17, 15) is 34.8 Å². The number of fused-ring (bicyclic) bond motifs is 3. The van der Waals surface area contributed by atoms with Crippen LogP contribution in [0.3, 0.4) is 0 Å². The molecule has 146 valence electrons. The maximum atomic E-state index is 13.2. The summed E-state index contributed by atoms with van der Waals surface area (Å²) in [5.74, 6) is -6.63. The van der Waals surface area contributed by atoms with E-state index in [0.717, 1.165) is 0 Å². The van der Waals surface area contributed by atoms with E-state index in [1.54, 1.807) is 6.07 Å². The van der Waals surface area contributed by atoms with Gasteiger partial charge in [-0.2, -0.15) is 0 Å². The van der Waals surface area contributed by atoms with E-state index in [1.807, 2.05) is 0 Å². The molecular formula is C20H19NO7. The van der Waals surface area contributed by atoms with E-state index in [4.69, 9.17) is 5.73 Å². The molecule has 28 heavy (non-hydrogen) atoms. The van der Waals surface area contributed by atoms with E-state index in [0.29, 0.717) is 0 Å². The Hall–Kier alpha value is -3.13. The molecular weight excluding hydrogens is 366 g/mol. The SMILES string of the molecule is C[C@@]1(O)c2cccc(O)c2C(O)=C2C(=O)C3C(O)=C(C(N)=O)C(=O)CC3CC21. The van der Waals surface area contributed by atoms with Crippen LogP contribution in [0.1, 0.15) is 30.9 Å². The molecule has 3 unspecified atom stereocenters. The van der Waals surface area contributed by atoms with Gasteiger partial charge in [0.05, 0.1) is 17.1 Å². The van der Waals surface area contributed by atoms with Crippen molar-refractivity contribution in [1.29, 1.82) is 0 Å². The summed E-state index contributed by atoms with van der Waals surface area (Å²) in [6.07, 6.45) is -0.0496. The number of aliphatic hydroxyl groups is 3. The van der Waals surface area contributed by atoms with Gasteiger partial charge in [0.15, 0.2) is 11.6 Å². The number of Topliss-reactive ketones (excluding diaryl/α,β-unsaturated/α-hetero) is 2. The second kappa shape index (κ2) is 5.68. The number of carbonyl (C=O) groups is 3. The Morgan fingerprint density at radius 1 is 1.21 bits per heavy atom. The fraction of sp³-hybridized carbons (Fsp3) is 0.350. The average Bonchev–Trinajstić information content (AvgIpc) is 2.58. The van der Waals surface area contributed by atoms with Gasteiger partial charge in [-0.3, -0.25) is 14.4 Å². The highest BCUT2D eigenvalue weighted by Crippen LogP contribution is 2.55. The number of ketones is 2. The van der Waals surface area contributed by atoms with Crippen molar-refractivity contribution >= 4 is 23.2 Å². The summed E-state index contributed by atoms with van der Waals surface area (Å²) in [6, 6.07) is 4.39. The largest absolute Gasteiger partial charge is 0.511 e. The minimum absolute atomic E-state index is 0.0453. The van der Waals surface area contributed by atoms with E-state index < -0.39 is 57.9 Å². The van der Waals surface area contributed by atoms with Crippen LogP contribution in [-0.2, 0) is 20.0 Å². The van der Waals surface area contributed by atoms with Crippen LogP contribution in [0.5, 0.6) is 5.75 Å².